The third kappa shape index (κ3) is 3.84. The highest BCUT2D eigenvalue weighted by Crippen LogP contribution is 2.05. The molecule has 5 nitrogen and oxygen atoms in total. The lowest BCUT2D eigenvalue weighted by Gasteiger charge is -2.07. The van der Waals surface area contributed by atoms with Gasteiger partial charge in [0.1, 0.15) is 0 Å². The normalized spacial score (nSPS) is 9.80. The van der Waals surface area contributed by atoms with Crippen LogP contribution in [-0.4, -0.2) is 11.9 Å². The van der Waals surface area contributed by atoms with Gasteiger partial charge in [-0.1, -0.05) is 30.3 Å². The first kappa shape index (κ1) is 13.6. The molecule has 0 fully saturated rings. The third-order valence-corrected chi connectivity index (χ3v) is 2.70. The van der Waals surface area contributed by atoms with Gasteiger partial charge < -0.3 is 11.1 Å². The van der Waals surface area contributed by atoms with Gasteiger partial charge in [0, 0.05) is 17.8 Å². The molecule has 0 aromatic heterocycles. The smallest absolute Gasteiger partial charge is 0.321 e. The molecule has 0 bridgehead atoms. The van der Waals surface area contributed by atoms with Crippen molar-refractivity contribution < 1.29 is 9.59 Å². The van der Waals surface area contributed by atoms with Crippen molar-refractivity contribution in [3.05, 3.63) is 65.7 Å². The van der Waals surface area contributed by atoms with Crippen LogP contribution < -0.4 is 16.4 Å². The van der Waals surface area contributed by atoms with Crippen LogP contribution in [0.5, 0.6) is 0 Å². The summed E-state index contributed by atoms with van der Waals surface area (Å²) in [6.45, 7) is 0.363. The van der Waals surface area contributed by atoms with Crippen LogP contribution in [0.4, 0.5) is 10.5 Å². The molecule has 4 N–H and O–H groups in total. The Morgan fingerprint density at radius 2 is 1.60 bits per heavy atom. The Balaban J connectivity index is 1.85. The molecule has 2 aromatic rings. The van der Waals surface area contributed by atoms with Crippen LogP contribution >= 0.6 is 0 Å². The second-order valence-corrected chi connectivity index (χ2v) is 4.24. The van der Waals surface area contributed by atoms with Crippen LogP contribution in [0.1, 0.15) is 15.9 Å². The van der Waals surface area contributed by atoms with Gasteiger partial charge in [0.15, 0.2) is 0 Å². The molecule has 0 aliphatic carbocycles. The summed E-state index contributed by atoms with van der Waals surface area (Å²) in [6, 6.07) is 15.3. The highest BCUT2D eigenvalue weighted by atomic mass is 16.2. The summed E-state index contributed by atoms with van der Waals surface area (Å²) in [6.07, 6.45) is 0. The molecule has 5 heteroatoms. The number of nitrogens with one attached hydrogen (secondary N) is 2. The summed E-state index contributed by atoms with van der Waals surface area (Å²) in [5, 5.41) is 4.87. The molecule has 102 valence electrons. The van der Waals surface area contributed by atoms with Gasteiger partial charge in [-0.2, -0.15) is 0 Å². The number of nitrogens with two attached hydrogens (primary N) is 1. The number of carbonyl (C=O) groups is 2. The average Bonchev–Trinajstić information content (AvgIpc) is 2.47. The number of hydrogen-bond acceptors (Lipinski definition) is 3. The summed E-state index contributed by atoms with van der Waals surface area (Å²) in [5.74, 6) is -0.462. The standard InChI is InChI=1S/C15H15N3O2/c16-13-8-6-12(7-9-13)14(19)18-15(20)17-10-11-4-2-1-3-5-11/h1-9H,10,16H2,(H2,17,18,19,20). The maximum atomic E-state index is 11.8. The van der Waals surface area contributed by atoms with E-state index in [4.69, 9.17) is 5.73 Å². The highest BCUT2D eigenvalue weighted by molar-refractivity contribution is 6.04. The lowest BCUT2D eigenvalue weighted by molar-refractivity contribution is 0.0964. The molecule has 0 atom stereocenters. The van der Waals surface area contributed by atoms with Crippen molar-refractivity contribution in [2.24, 2.45) is 0 Å². The first-order valence-electron chi connectivity index (χ1n) is 6.14. The minimum absolute atomic E-state index is 0.363. The Hall–Kier alpha value is -2.82. The van der Waals surface area contributed by atoms with Crippen LogP contribution in [0, 0.1) is 0 Å². The average molecular weight is 269 g/mol. The van der Waals surface area contributed by atoms with E-state index in [0.717, 1.165) is 5.56 Å². The van der Waals surface area contributed by atoms with E-state index in [1.165, 1.54) is 0 Å². The lowest BCUT2D eigenvalue weighted by atomic mass is 10.2. The van der Waals surface area contributed by atoms with Crippen molar-refractivity contribution in [1.29, 1.82) is 0 Å². The van der Waals surface area contributed by atoms with E-state index in [1.54, 1.807) is 24.3 Å². The first-order chi connectivity index (χ1) is 9.65. The summed E-state index contributed by atoms with van der Waals surface area (Å²) >= 11 is 0. The van der Waals surface area contributed by atoms with Crippen molar-refractivity contribution in [3.63, 3.8) is 0 Å². The number of urea groups is 1. The second kappa shape index (κ2) is 6.38. The Morgan fingerprint density at radius 3 is 2.25 bits per heavy atom. The predicted octanol–water partition coefficient (Wildman–Crippen LogP) is 1.91. The van der Waals surface area contributed by atoms with Crippen molar-refractivity contribution in [3.8, 4) is 0 Å². The van der Waals surface area contributed by atoms with Crippen LogP contribution in [0.25, 0.3) is 0 Å². The maximum Gasteiger partial charge on any atom is 0.321 e. The zero-order valence-corrected chi connectivity index (χ0v) is 10.8. The van der Waals surface area contributed by atoms with E-state index in [9.17, 15) is 9.59 Å². The molecule has 3 amide bonds. The predicted molar refractivity (Wildman–Crippen MR) is 77.0 cm³/mol. The number of anilines is 1. The Bertz CT molecular complexity index is 594. The minimum Gasteiger partial charge on any atom is -0.399 e. The van der Waals surface area contributed by atoms with Crippen molar-refractivity contribution >= 4 is 17.6 Å². The molecule has 0 heterocycles. The molecule has 0 aliphatic rings. The number of hydrogen-bond donors (Lipinski definition) is 3. The topological polar surface area (TPSA) is 84.2 Å². The summed E-state index contributed by atoms with van der Waals surface area (Å²) < 4.78 is 0. The Labute approximate surface area is 116 Å². The third-order valence-electron chi connectivity index (χ3n) is 2.70. The van der Waals surface area contributed by atoms with E-state index in [2.05, 4.69) is 10.6 Å². The Kier molecular flexibility index (Phi) is 4.34. The maximum absolute atomic E-state index is 11.8. The molecule has 0 unspecified atom stereocenters. The van der Waals surface area contributed by atoms with Gasteiger partial charge in [-0.25, -0.2) is 4.79 Å². The summed E-state index contributed by atoms with van der Waals surface area (Å²) in [5.41, 5.74) is 7.44. The molecule has 20 heavy (non-hydrogen) atoms. The summed E-state index contributed by atoms with van der Waals surface area (Å²) in [4.78, 5) is 23.4. The molecule has 0 saturated carbocycles. The fourth-order valence-electron chi connectivity index (χ4n) is 1.63. The van der Waals surface area contributed by atoms with Gasteiger partial charge in [-0.15, -0.1) is 0 Å². The number of carbonyl (C=O) groups excluding carboxylic acids is 2. The van der Waals surface area contributed by atoms with E-state index < -0.39 is 11.9 Å². The fourth-order valence-corrected chi connectivity index (χ4v) is 1.63. The lowest BCUT2D eigenvalue weighted by Crippen LogP contribution is -2.39. The van der Waals surface area contributed by atoms with Crippen molar-refractivity contribution in [2.45, 2.75) is 6.54 Å². The van der Waals surface area contributed by atoms with Gasteiger partial charge in [0.05, 0.1) is 0 Å². The van der Waals surface area contributed by atoms with Crippen molar-refractivity contribution in [2.75, 3.05) is 5.73 Å². The molecule has 0 radical (unpaired) electrons. The van der Waals surface area contributed by atoms with E-state index in [1.807, 2.05) is 30.3 Å². The van der Waals surface area contributed by atoms with Crippen LogP contribution in [0.15, 0.2) is 54.6 Å². The molecule has 2 aromatic carbocycles. The minimum atomic E-state index is -0.532. The largest absolute Gasteiger partial charge is 0.399 e. The monoisotopic (exact) mass is 269 g/mol. The Morgan fingerprint density at radius 1 is 0.950 bits per heavy atom. The molecular weight excluding hydrogens is 254 g/mol. The molecule has 0 saturated heterocycles. The summed E-state index contributed by atoms with van der Waals surface area (Å²) in [7, 11) is 0. The van der Waals surface area contributed by atoms with E-state index >= 15 is 0 Å². The number of amides is 3. The fraction of sp³-hybridized carbons (Fsp3) is 0.0667. The van der Waals surface area contributed by atoms with E-state index in [-0.39, 0.29) is 0 Å². The molecule has 0 spiro atoms. The zero-order chi connectivity index (χ0) is 14.4. The first-order valence-corrected chi connectivity index (χ1v) is 6.14. The van der Waals surface area contributed by atoms with Gasteiger partial charge in [0.2, 0.25) is 0 Å². The number of benzene rings is 2. The highest BCUT2D eigenvalue weighted by Gasteiger charge is 2.09. The van der Waals surface area contributed by atoms with Crippen molar-refractivity contribution in [1.82, 2.24) is 10.6 Å². The van der Waals surface area contributed by atoms with Gasteiger partial charge in [-0.3, -0.25) is 10.1 Å². The van der Waals surface area contributed by atoms with Crippen LogP contribution in [0.3, 0.4) is 0 Å². The van der Waals surface area contributed by atoms with E-state index in [0.29, 0.717) is 17.8 Å². The van der Waals surface area contributed by atoms with Gasteiger partial charge in [0.25, 0.3) is 5.91 Å². The number of imide groups is 1. The molecule has 0 aliphatic heterocycles. The SMILES string of the molecule is Nc1ccc(C(=O)NC(=O)NCc2ccccc2)cc1. The van der Waals surface area contributed by atoms with Crippen LogP contribution in [0.2, 0.25) is 0 Å². The zero-order valence-electron chi connectivity index (χ0n) is 10.8. The molecular formula is C15H15N3O2. The second-order valence-electron chi connectivity index (χ2n) is 4.24. The van der Waals surface area contributed by atoms with Crippen LogP contribution in [-0.2, 0) is 6.54 Å². The molecule has 2 rings (SSSR count). The number of nitrogen functional groups attached to an aromatic ring is 1. The number of rotatable bonds is 3. The van der Waals surface area contributed by atoms with Gasteiger partial charge in [-0.05, 0) is 29.8 Å². The van der Waals surface area contributed by atoms with Gasteiger partial charge >= 0.3 is 6.03 Å². The quantitative estimate of drug-likeness (QED) is 0.744.